The third kappa shape index (κ3) is 4.78. The van der Waals surface area contributed by atoms with E-state index in [0.29, 0.717) is 5.92 Å². The van der Waals surface area contributed by atoms with E-state index in [4.69, 9.17) is 5.73 Å². The Morgan fingerprint density at radius 1 is 1.44 bits per heavy atom. The highest BCUT2D eigenvalue weighted by Gasteiger charge is 2.25. The van der Waals surface area contributed by atoms with Crippen LogP contribution in [0.3, 0.4) is 0 Å². The average Bonchev–Trinajstić information content (AvgIpc) is 2.39. The Hall–Kier alpha value is -0.870. The molecule has 0 aromatic rings. The maximum Gasteiger partial charge on any atom is 0.234 e. The van der Waals surface area contributed by atoms with Crippen molar-refractivity contribution in [3.63, 3.8) is 0 Å². The number of amides is 1. The van der Waals surface area contributed by atoms with Crippen LogP contribution in [0.5, 0.6) is 0 Å². The van der Waals surface area contributed by atoms with Crippen LogP contribution in [0.4, 0.5) is 0 Å². The first-order chi connectivity index (χ1) is 8.69. The third-order valence-electron chi connectivity index (χ3n) is 3.77. The molecule has 0 saturated carbocycles. The second-order valence-corrected chi connectivity index (χ2v) is 4.91. The number of allylic oxidation sites excluding steroid dienone is 2. The van der Waals surface area contributed by atoms with E-state index in [0.717, 1.165) is 45.4 Å². The Kier molecular flexibility index (Phi) is 6.98. The molecule has 1 aliphatic rings. The van der Waals surface area contributed by atoms with Crippen LogP contribution < -0.4 is 11.1 Å². The standard InChI is InChI=1S/C14H27N3O/c1-3-17(4-2)11-10-16-13(14(15)18)12-8-6-5-7-9-12/h5-6,12-13,16H,3-4,7-11H2,1-2H3,(H2,15,18). The molecule has 2 unspecified atom stereocenters. The highest BCUT2D eigenvalue weighted by atomic mass is 16.1. The van der Waals surface area contributed by atoms with Crippen molar-refractivity contribution in [2.75, 3.05) is 26.2 Å². The number of nitrogens with one attached hydrogen (secondary N) is 1. The smallest absolute Gasteiger partial charge is 0.234 e. The summed E-state index contributed by atoms with van der Waals surface area (Å²) in [6, 6.07) is -0.175. The molecule has 4 nitrogen and oxygen atoms in total. The lowest BCUT2D eigenvalue weighted by atomic mass is 9.87. The molecule has 1 aliphatic carbocycles. The van der Waals surface area contributed by atoms with E-state index in [-0.39, 0.29) is 11.9 Å². The highest BCUT2D eigenvalue weighted by Crippen LogP contribution is 2.21. The maximum atomic E-state index is 11.5. The summed E-state index contributed by atoms with van der Waals surface area (Å²) in [6.45, 7) is 8.20. The zero-order valence-electron chi connectivity index (χ0n) is 11.7. The molecule has 4 heteroatoms. The van der Waals surface area contributed by atoms with Gasteiger partial charge >= 0.3 is 0 Å². The van der Waals surface area contributed by atoms with E-state index in [9.17, 15) is 4.79 Å². The minimum absolute atomic E-state index is 0.175. The number of carbonyl (C=O) groups is 1. The van der Waals surface area contributed by atoms with Crippen molar-refractivity contribution in [2.24, 2.45) is 11.7 Å². The van der Waals surface area contributed by atoms with Gasteiger partial charge in [0.1, 0.15) is 0 Å². The lowest BCUT2D eigenvalue weighted by molar-refractivity contribution is -0.121. The predicted molar refractivity (Wildman–Crippen MR) is 75.3 cm³/mol. The molecule has 0 spiro atoms. The minimum Gasteiger partial charge on any atom is -0.368 e. The Balaban J connectivity index is 2.38. The molecular formula is C14H27N3O. The number of primary amides is 1. The van der Waals surface area contributed by atoms with Gasteiger partial charge in [-0.2, -0.15) is 0 Å². The summed E-state index contributed by atoms with van der Waals surface area (Å²) in [5, 5.41) is 3.34. The molecule has 0 heterocycles. The van der Waals surface area contributed by atoms with Gasteiger partial charge in [0.25, 0.3) is 0 Å². The molecule has 0 aromatic heterocycles. The summed E-state index contributed by atoms with van der Waals surface area (Å²) < 4.78 is 0. The molecule has 0 aliphatic heterocycles. The van der Waals surface area contributed by atoms with Gasteiger partial charge in [-0.15, -0.1) is 0 Å². The van der Waals surface area contributed by atoms with E-state index in [2.05, 4.69) is 36.2 Å². The Labute approximate surface area is 111 Å². The van der Waals surface area contributed by atoms with Crippen LogP contribution in [0.1, 0.15) is 33.1 Å². The zero-order valence-corrected chi connectivity index (χ0v) is 11.7. The lowest BCUT2D eigenvalue weighted by Gasteiger charge is -2.27. The molecule has 104 valence electrons. The van der Waals surface area contributed by atoms with Crippen LogP contribution in [-0.2, 0) is 4.79 Å². The highest BCUT2D eigenvalue weighted by molar-refractivity contribution is 5.80. The Morgan fingerprint density at radius 3 is 2.67 bits per heavy atom. The van der Waals surface area contributed by atoms with E-state index in [1.54, 1.807) is 0 Å². The Bertz CT molecular complexity index is 274. The van der Waals surface area contributed by atoms with Crippen molar-refractivity contribution in [2.45, 2.75) is 39.2 Å². The van der Waals surface area contributed by atoms with E-state index in [1.165, 1.54) is 0 Å². The molecule has 0 bridgehead atoms. The fourth-order valence-electron chi connectivity index (χ4n) is 2.54. The monoisotopic (exact) mass is 253 g/mol. The minimum atomic E-state index is -0.213. The largest absolute Gasteiger partial charge is 0.368 e. The average molecular weight is 253 g/mol. The molecule has 18 heavy (non-hydrogen) atoms. The zero-order chi connectivity index (χ0) is 13.4. The van der Waals surface area contributed by atoms with Gasteiger partial charge in [-0.3, -0.25) is 4.79 Å². The molecule has 2 atom stereocenters. The van der Waals surface area contributed by atoms with Crippen molar-refractivity contribution in [1.82, 2.24) is 10.2 Å². The van der Waals surface area contributed by atoms with Crippen molar-refractivity contribution in [1.29, 1.82) is 0 Å². The van der Waals surface area contributed by atoms with Gasteiger partial charge in [-0.25, -0.2) is 0 Å². The topological polar surface area (TPSA) is 58.4 Å². The SMILES string of the molecule is CCN(CC)CCNC(C(N)=O)C1CC=CCC1. The number of rotatable bonds is 8. The fraction of sp³-hybridized carbons (Fsp3) is 0.786. The summed E-state index contributed by atoms with van der Waals surface area (Å²) in [5.41, 5.74) is 5.51. The van der Waals surface area contributed by atoms with Gasteiger partial charge in [-0.1, -0.05) is 26.0 Å². The Morgan fingerprint density at radius 2 is 2.17 bits per heavy atom. The summed E-state index contributed by atoms with van der Waals surface area (Å²) in [5.74, 6) is 0.152. The van der Waals surface area contributed by atoms with Crippen LogP contribution in [0.25, 0.3) is 0 Å². The van der Waals surface area contributed by atoms with E-state index < -0.39 is 0 Å². The normalized spacial score (nSPS) is 21.2. The molecule has 0 fully saturated rings. The number of hydrogen-bond acceptors (Lipinski definition) is 3. The van der Waals surface area contributed by atoms with Gasteiger partial charge in [0.05, 0.1) is 6.04 Å². The number of nitrogens with zero attached hydrogens (tertiary/aromatic N) is 1. The second-order valence-electron chi connectivity index (χ2n) is 4.91. The van der Waals surface area contributed by atoms with Crippen LogP contribution in [0, 0.1) is 5.92 Å². The van der Waals surface area contributed by atoms with E-state index in [1.807, 2.05) is 0 Å². The van der Waals surface area contributed by atoms with Crippen LogP contribution in [0.15, 0.2) is 12.2 Å². The summed E-state index contributed by atoms with van der Waals surface area (Å²) >= 11 is 0. The predicted octanol–water partition coefficient (Wildman–Crippen LogP) is 1.13. The maximum absolute atomic E-state index is 11.5. The fourth-order valence-corrected chi connectivity index (χ4v) is 2.54. The van der Waals surface area contributed by atoms with Crippen molar-refractivity contribution < 1.29 is 4.79 Å². The van der Waals surface area contributed by atoms with Crippen molar-refractivity contribution in [3.05, 3.63) is 12.2 Å². The van der Waals surface area contributed by atoms with Crippen molar-refractivity contribution >= 4 is 5.91 Å². The molecule has 0 aromatic carbocycles. The first-order valence-electron chi connectivity index (χ1n) is 7.09. The molecule has 1 rings (SSSR count). The molecule has 0 saturated heterocycles. The lowest BCUT2D eigenvalue weighted by Crippen LogP contribution is -2.49. The molecule has 1 amide bonds. The van der Waals surface area contributed by atoms with Gasteiger partial charge < -0.3 is 16.0 Å². The van der Waals surface area contributed by atoms with Crippen LogP contribution >= 0.6 is 0 Å². The van der Waals surface area contributed by atoms with Crippen LogP contribution in [-0.4, -0.2) is 43.0 Å². The first-order valence-corrected chi connectivity index (χ1v) is 7.09. The summed E-state index contributed by atoms with van der Waals surface area (Å²) in [7, 11) is 0. The molecule has 3 N–H and O–H groups in total. The second kappa shape index (κ2) is 8.27. The number of likely N-dealkylation sites (N-methyl/N-ethyl adjacent to an activating group) is 1. The van der Waals surface area contributed by atoms with Gasteiger partial charge in [0.15, 0.2) is 0 Å². The van der Waals surface area contributed by atoms with Gasteiger partial charge in [0.2, 0.25) is 5.91 Å². The quantitative estimate of drug-likeness (QED) is 0.638. The van der Waals surface area contributed by atoms with Crippen LogP contribution in [0.2, 0.25) is 0 Å². The number of carbonyl (C=O) groups excluding carboxylic acids is 1. The van der Waals surface area contributed by atoms with E-state index >= 15 is 0 Å². The molecular weight excluding hydrogens is 226 g/mol. The summed E-state index contributed by atoms with van der Waals surface area (Å²) in [4.78, 5) is 13.9. The number of hydrogen-bond donors (Lipinski definition) is 2. The van der Waals surface area contributed by atoms with Gasteiger partial charge in [-0.05, 0) is 38.3 Å². The van der Waals surface area contributed by atoms with Crippen molar-refractivity contribution in [3.8, 4) is 0 Å². The first kappa shape index (κ1) is 15.2. The number of nitrogens with two attached hydrogens (primary N) is 1. The van der Waals surface area contributed by atoms with Gasteiger partial charge in [0, 0.05) is 13.1 Å². The molecule has 0 radical (unpaired) electrons. The summed E-state index contributed by atoms with van der Waals surface area (Å²) in [6.07, 6.45) is 7.43. The third-order valence-corrected chi connectivity index (χ3v) is 3.77.